The van der Waals surface area contributed by atoms with Crippen LogP contribution in [0.2, 0.25) is 0 Å². The van der Waals surface area contributed by atoms with Crippen molar-refractivity contribution >= 4 is 17.3 Å². The van der Waals surface area contributed by atoms with Crippen LogP contribution >= 0.6 is 0 Å². The number of nitro benzene ring substituents is 2. The molecule has 0 unspecified atom stereocenters. The van der Waals surface area contributed by atoms with Gasteiger partial charge < -0.3 is 4.74 Å². The summed E-state index contributed by atoms with van der Waals surface area (Å²) in [4.78, 5) is 32.3. The molecule has 0 amide bonds. The molecule has 0 saturated carbocycles. The molecule has 2 aromatic rings. The maximum absolute atomic E-state index is 12.1. The van der Waals surface area contributed by atoms with Gasteiger partial charge in [0, 0.05) is 12.1 Å². The minimum Gasteiger partial charge on any atom is -0.462 e. The Bertz CT molecular complexity index is 790. The third kappa shape index (κ3) is 6.18. The maximum atomic E-state index is 12.1. The summed E-state index contributed by atoms with van der Waals surface area (Å²) in [5.74, 6) is -0.491. The van der Waals surface area contributed by atoms with Crippen molar-refractivity contribution in [1.29, 1.82) is 0 Å². The molecule has 0 aliphatic rings. The lowest BCUT2D eigenvalue weighted by atomic mass is 9.99. The normalized spacial score (nSPS) is 11.6. The van der Waals surface area contributed by atoms with Crippen LogP contribution in [0.1, 0.15) is 35.7 Å². The molecule has 0 N–H and O–H groups in total. The lowest BCUT2D eigenvalue weighted by Crippen LogP contribution is -2.10. The monoisotopic (exact) mass is 372 g/mol. The third-order valence-corrected chi connectivity index (χ3v) is 4.17. The number of benzene rings is 2. The van der Waals surface area contributed by atoms with Crippen molar-refractivity contribution in [3.8, 4) is 0 Å². The van der Waals surface area contributed by atoms with Crippen molar-refractivity contribution in [3.05, 3.63) is 79.9 Å². The Balaban J connectivity index is 1.88. The number of non-ortho nitro benzene ring substituents is 2. The topological polar surface area (TPSA) is 113 Å². The fourth-order valence-electron chi connectivity index (χ4n) is 2.56. The molecule has 1 atom stereocenters. The first-order chi connectivity index (χ1) is 12.9. The molecule has 0 aliphatic carbocycles. The Morgan fingerprint density at radius 2 is 1.59 bits per heavy atom. The standard InChI is InChI=1S/C19H20N2O6/c1-14(7-8-15-5-3-2-4-6-15)9-10-27-19(22)16-11-17(20(23)24)13-18(12-16)21(25)26/h2-6,11-14H,7-10H2,1H3/t14-/m1/s1. The number of ether oxygens (including phenoxy) is 1. The zero-order chi connectivity index (χ0) is 19.8. The van der Waals surface area contributed by atoms with E-state index in [9.17, 15) is 25.0 Å². The van der Waals surface area contributed by atoms with Crippen LogP contribution in [0.3, 0.4) is 0 Å². The summed E-state index contributed by atoms with van der Waals surface area (Å²) in [6, 6.07) is 12.8. The van der Waals surface area contributed by atoms with Gasteiger partial charge >= 0.3 is 5.97 Å². The van der Waals surface area contributed by atoms with Gasteiger partial charge in [0.05, 0.1) is 28.1 Å². The number of carbonyl (C=O) groups excluding carboxylic acids is 1. The quantitative estimate of drug-likeness (QED) is 0.368. The molecule has 0 aromatic heterocycles. The molecule has 0 saturated heterocycles. The maximum Gasteiger partial charge on any atom is 0.338 e. The summed E-state index contributed by atoms with van der Waals surface area (Å²) >= 11 is 0. The SMILES string of the molecule is C[C@@H](CCOC(=O)c1cc([N+](=O)[O-])cc([N+](=O)[O-])c1)CCc1ccccc1. The Labute approximate surface area is 156 Å². The second-order valence-corrected chi connectivity index (χ2v) is 6.31. The Hall–Kier alpha value is -3.29. The van der Waals surface area contributed by atoms with Crippen molar-refractivity contribution < 1.29 is 19.4 Å². The van der Waals surface area contributed by atoms with Gasteiger partial charge in [0.1, 0.15) is 0 Å². The molecule has 0 spiro atoms. The van der Waals surface area contributed by atoms with Gasteiger partial charge in [0.15, 0.2) is 0 Å². The molecular formula is C19H20N2O6. The van der Waals surface area contributed by atoms with Crippen LogP contribution in [0.4, 0.5) is 11.4 Å². The third-order valence-electron chi connectivity index (χ3n) is 4.17. The predicted octanol–water partition coefficient (Wildman–Crippen LogP) is 4.32. The molecule has 0 bridgehead atoms. The summed E-state index contributed by atoms with van der Waals surface area (Å²) < 4.78 is 5.14. The lowest BCUT2D eigenvalue weighted by molar-refractivity contribution is -0.394. The highest BCUT2D eigenvalue weighted by Crippen LogP contribution is 2.23. The Morgan fingerprint density at radius 3 is 2.15 bits per heavy atom. The molecule has 142 valence electrons. The van der Waals surface area contributed by atoms with Gasteiger partial charge in [-0.2, -0.15) is 0 Å². The van der Waals surface area contributed by atoms with Crippen molar-refractivity contribution in [2.45, 2.75) is 26.2 Å². The van der Waals surface area contributed by atoms with E-state index < -0.39 is 27.2 Å². The first kappa shape index (κ1) is 20.0. The first-order valence-corrected chi connectivity index (χ1v) is 8.51. The lowest BCUT2D eigenvalue weighted by Gasteiger charge is -2.11. The molecule has 0 aliphatic heterocycles. The van der Waals surface area contributed by atoms with E-state index in [1.807, 2.05) is 18.2 Å². The smallest absolute Gasteiger partial charge is 0.338 e. The average molecular weight is 372 g/mol. The van der Waals surface area contributed by atoms with E-state index >= 15 is 0 Å². The highest BCUT2D eigenvalue weighted by Gasteiger charge is 2.20. The van der Waals surface area contributed by atoms with E-state index in [0.717, 1.165) is 31.0 Å². The molecule has 2 rings (SSSR count). The van der Waals surface area contributed by atoms with E-state index in [4.69, 9.17) is 4.74 Å². The van der Waals surface area contributed by atoms with Crippen LogP contribution in [-0.2, 0) is 11.2 Å². The fourth-order valence-corrected chi connectivity index (χ4v) is 2.56. The zero-order valence-electron chi connectivity index (χ0n) is 14.9. The molecule has 0 fully saturated rings. The number of nitro groups is 2. The number of carbonyl (C=O) groups is 1. The van der Waals surface area contributed by atoms with Gasteiger partial charge in [-0.25, -0.2) is 4.79 Å². The number of aryl methyl sites for hydroxylation is 1. The van der Waals surface area contributed by atoms with Crippen LogP contribution in [0.5, 0.6) is 0 Å². The van der Waals surface area contributed by atoms with Crippen molar-refractivity contribution in [3.63, 3.8) is 0 Å². The number of rotatable bonds is 9. The summed E-state index contributed by atoms with van der Waals surface area (Å²) in [5, 5.41) is 21.7. The molecule has 27 heavy (non-hydrogen) atoms. The fraction of sp³-hybridized carbons (Fsp3) is 0.316. The van der Waals surface area contributed by atoms with Crippen LogP contribution in [0.15, 0.2) is 48.5 Å². The van der Waals surface area contributed by atoms with Gasteiger partial charge in [0.25, 0.3) is 11.4 Å². The van der Waals surface area contributed by atoms with Gasteiger partial charge in [-0.1, -0.05) is 37.3 Å². The minimum absolute atomic E-state index is 0.144. The summed E-state index contributed by atoms with van der Waals surface area (Å²) in [6.45, 7) is 2.19. The van der Waals surface area contributed by atoms with Gasteiger partial charge in [-0.3, -0.25) is 20.2 Å². The van der Waals surface area contributed by atoms with E-state index in [1.165, 1.54) is 5.56 Å². The van der Waals surface area contributed by atoms with Gasteiger partial charge in [-0.15, -0.1) is 0 Å². The number of esters is 1. The number of hydrogen-bond donors (Lipinski definition) is 0. The summed E-state index contributed by atoms with van der Waals surface area (Å²) in [5.41, 5.74) is -0.00199. The van der Waals surface area contributed by atoms with E-state index in [0.29, 0.717) is 12.3 Å². The Kier molecular flexibility index (Phi) is 6.99. The highest BCUT2D eigenvalue weighted by atomic mass is 16.6. The van der Waals surface area contributed by atoms with Crippen LogP contribution in [0, 0.1) is 26.1 Å². The molecule has 0 heterocycles. The molecule has 2 aromatic carbocycles. The highest BCUT2D eigenvalue weighted by molar-refractivity contribution is 5.91. The largest absolute Gasteiger partial charge is 0.462 e. The molecule has 8 nitrogen and oxygen atoms in total. The minimum atomic E-state index is -0.808. The van der Waals surface area contributed by atoms with Crippen molar-refractivity contribution in [2.75, 3.05) is 6.61 Å². The van der Waals surface area contributed by atoms with Crippen LogP contribution in [0.25, 0.3) is 0 Å². The number of nitrogens with zero attached hydrogens (tertiary/aromatic N) is 2. The van der Waals surface area contributed by atoms with E-state index in [2.05, 4.69) is 19.1 Å². The molecule has 8 heteroatoms. The van der Waals surface area contributed by atoms with Gasteiger partial charge in [0.2, 0.25) is 0 Å². The van der Waals surface area contributed by atoms with Gasteiger partial charge in [-0.05, 0) is 30.7 Å². The summed E-state index contributed by atoms with van der Waals surface area (Å²) in [7, 11) is 0. The zero-order valence-corrected chi connectivity index (χ0v) is 14.9. The van der Waals surface area contributed by atoms with Crippen LogP contribution < -0.4 is 0 Å². The predicted molar refractivity (Wildman–Crippen MR) is 98.6 cm³/mol. The first-order valence-electron chi connectivity index (χ1n) is 8.51. The number of hydrogen-bond acceptors (Lipinski definition) is 6. The van der Waals surface area contributed by atoms with Crippen molar-refractivity contribution in [1.82, 2.24) is 0 Å². The second kappa shape index (κ2) is 9.42. The Morgan fingerprint density at radius 1 is 1.00 bits per heavy atom. The summed E-state index contributed by atoms with van der Waals surface area (Å²) in [6.07, 6.45) is 2.49. The molecule has 0 radical (unpaired) electrons. The van der Waals surface area contributed by atoms with E-state index in [-0.39, 0.29) is 12.2 Å². The van der Waals surface area contributed by atoms with E-state index in [1.54, 1.807) is 0 Å². The van der Waals surface area contributed by atoms with Crippen LogP contribution in [-0.4, -0.2) is 22.4 Å². The van der Waals surface area contributed by atoms with Crippen molar-refractivity contribution in [2.24, 2.45) is 5.92 Å². The molecular weight excluding hydrogens is 352 g/mol. The second-order valence-electron chi connectivity index (χ2n) is 6.31. The average Bonchev–Trinajstić information content (AvgIpc) is 2.66.